The van der Waals surface area contributed by atoms with Gasteiger partial charge in [0.2, 0.25) is 0 Å². The second-order valence-electron chi connectivity index (χ2n) is 2.45. The third-order valence-electron chi connectivity index (χ3n) is 1.04. The molecule has 0 aromatic carbocycles. The van der Waals surface area contributed by atoms with Crippen LogP contribution in [0.25, 0.3) is 0 Å². The van der Waals surface area contributed by atoms with Crippen LogP contribution in [-0.4, -0.2) is 24.7 Å². The molecule has 1 atom stereocenters. The van der Waals surface area contributed by atoms with Crippen molar-refractivity contribution in [2.75, 3.05) is 6.54 Å². The fourth-order valence-corrected chi connectivity index (χ4v) is 0.540. The van der Waals surface area contributed by atoms with Crippen molar-refractivity contribution in [1.29, 1.82) is 0 Å². The number of ether oxygens (including phenoxy) is 1. The van der Waals surface area contributed by atoms with Crippen LogP contribution in [-0.2, 0) is 9.53 Å². The Morgan fingerprint density at radius 3 is 2.67 bits per heavy atom. The molecule has 0 radical (unpaired) electrons. The maximum Gasteiger partial charge on any atom is 0.324 e. The molecule has 0 bridgehead atoms. The van der Waals surface area contributed by atoms with Gasteiger partial charge in [0.15, 0.2) is 0 Å². The van der Waals surface area contributed by atoms with Crippen LogP contribution < -0.4 is 5.32 Å². The van der Waals surface area contributed by atoms with Crippen LogP contribution in [0.3, 0.4) is 0 Å². The summed E-state index contributed by atoms with van der Waals surface area (Å²) in [5.41, 5.74) is 0. The van der Waals surface area contributed by atoms with Crippen LogP contribution in [0.5, 0.6) is 0 Å². The smallest absolute Gasteiger partial charge is 0.324 e. The first-order chi connectivity index (χ1) is 4.20. The van der Waals surface area contributed by atoms with E-state index >= 15 is 0 Å². The molecule has 1 aliphatic rings. The lowest BCUT2D eigenvalue weighted by atomic mass is 10.4. The van der Waals surface area contributed by atoms with Crippen molar-refractivity contribution in [3.8, 4) is 0 Å². The van der Waals surface area contributed by atoms with E-state index in [9.17, 15) is 4.79 Å². The molecule has 0 spiro atoms. The van der Waals surface area contributed by atoms with Crippen molar-refractivity contribution < 1.29 is 9.53 Å². The Kier molecular flexibility index (Phi) is 1.71. The molecule has 1 heterocycles. The average Bonchev–Trinajstić information content (AvgIpc) is 2.40. The normalized spacial score (nSPS) is 24.1. The van der Waals surface area contributed by atoms with Gasteiger partial charge < -0.3 is 10.1 Å². The van der Waals surface area contributed by atoms with Crippen molar-refractivity contribution in [3.63, 3.8) is 0 Å². The van der Waals surface area contributed by atoms with Gasteiger partial charge in [-0.25, -0.2) is 0 Å². The van der Waals surface area contributed by atoms with Crippen LogP contribution in [0.4, 0.5) is 0 Å². The minimum absolute atomic E-state index is 0.00704. The lowest BCUT2D eigenvalue weighted by Crippen LogP contribution is -2.18. The Morgan fingerprint density at radius 1 is 1.78 bits per heavy atom. The molecule has 1 N–H and O–H groups in total. The van der Waals surface area contributed by atoms with Crippen molar-refractivity contribution in [3.05, 3.63) is 0 Å². The molecule has 1 rings (SSSR count). The summed E-state index contributed by atoms with van der Waals surface area (Å²) in [4.78, 5) is 10.7. The molecule has 0 aliphatic carbocycles. The fourth-order valence-electron chi connectivity index (χ4n) is 0.540. The Morgan fingerprint density at radius 2 is 2.33 bits per heavy atom. The number of hydrogen-bond acceptors (Lipinski definition) is 3. The van der Waals surface area contributed by atoms with Crippen molar-refractivity contribution in [1.82, 2.24) is 5.32 Å². The molecular formula is C6H11NO2. The number of carbonyl (C=O) groups is 1. The highest BCUT2D eigenvalue weighted by molar-refractivity contribution is 5.79. The molecule has 1 unspecified atom stereocenters. The van der Waals surface area contributed by atoms with E-state index in [1.807, 2.05) is 13.8 Å². The molecule has 0 aromatic rings. The van der Waals surface area contributed by atoms with Crippen LogP contribution in [0.2, 0.25) is 0 Å². The van der Waals surface area contributed by atoms with E-state index in [0.29, 0.717) is 0 Å². The van der Waals surface area contributed by atoms with Crippen LogP contribution >= 0.6 is 0 Å². The third-order valence-corrected chi connectivity index (χ3v) is 1.04. The van der Waals surface area contributed by atoms with Gasteiger partial charge in [0.25, 0.3) is 0 Å². The summed E-state index contributed by atoms with van der Waals surface area (Å²) < 4.78 is 4.87. The number of nitrogens with one attached hydrogen (secondary N) is 1. The Bertz CT molecular complexity index is 118. The summed E-state index contributed by atoms with van der Waals surface area (Å²) in [5.74, 6) is -0.120. The first-order valence-electron chi connectivity index (χ1n) is 3.14. The minimum Gasteiger partial charge on any atom is -0.462 e. The quantitative estimate of drug-likeness (QED) is 0.418. The van der Waals surface area contributed by atoms with E-state index < -0.39 is 0 Å². The Balaban J connectivity index is 2.18. The van der Waals surface area contributed by atoms with Gasteiger partial charge in [-0.15, -0.1) is 0 Å². The molecule has 1 fully saturated rings. The fraction of sp³-hybridized carbons (Fsp3) is 0.833. The molecule has 1 aliphatic heterocycles. The van der Waals surface area contributed by atoms with Gasteiger partial charge in [-0.1, -0.05) is 0 Å². The maximum atomic E-state index is 10.7. The molecule has 0 aromatic heterocycles. The largest absolute Gasteiger partial charge is 0.462 e. The lowest BCUT2D eigenvalue weighted by Gasteiger charge is -2.04. The number of esters is 1. The SMILES string of the molecule is CC(C)OC(=O)C1CN1. The van der Waals surface area contributed by atoms with E-state index in [1.54, 1.807) is 0 Å². The van der Waals surface area contributed by atoms with E-state index in [4.69, 9.17) is 4.74 Å². The van der Waals surface area contributed by atoms with E-state index in [0.717, 1.165) is 6.54 Å². The number of rotatable bonds is 2. The zero-order valence-electron chi connectivity index (χ0n) is 5.68. The monoisotopic (exact) mass is 129 g/mol. The Labute approximate surface area is 54.4 Å². The zero-order valence-corrected chi connectivity index (χ0v) is 5.68. The predicted molar refractivity (Wildman–Crippen MR) is 33.0 cm³/mol. The van der Waals surface area contributed by atoms with Gasteiger partial charge in [0.1, 0.15) is 6.04 Å². The molecule has 0 amide bonds. The second-order valence-corrected chi connectivity index (χ2v) is 2.45. The second kappa shape index (κ2) is 2.35. The number of hydrogen-bond donors (Lipinski definition) is 1. The highest BCUT2D eigenvalue weighted by Gasteiger charge is 2.30. The average molecular weight is 129 g/mol. The maximum absolute atomic E-state index is 10.7. The Hall–Kier alpha value is -0.570. The summed E-state index contributed by atoms with van der Waals surface area (Å²) in [6, 6.07) is -0.00704. The van der Waals surface area contributed by atoms with Crippen molar-refractivity contribution >= 4 is 5.97 Å². The topological polar surface area (TPSA) is 48.2 Å². The van der Waals surface area contributed by atoms with Gasteiger partial charge in [0, 0.05) is 6.54 Å². The van der Waals surface area contributed by atoms with Gasteiger partial charge in [-0.3, -0.25) is 4.79 Å². The van der Waals surface area contributed by atoms with Gasteiger partial charge in [-0.05, 0) is 13.8 Å². The predicted octanol–water partition coefficient (Wildman–Crippen LogP) is -0.0902. The molecule has 3 nitrogen and oxygen atoms in total. The summed E-state index contributed by atoms with van der Waals surface area (Å²) >= 11 is 0. The van der Waals surface area contributed by atoms with Crippen LogP contribution in [0, 0.1) is 0 Å². The van der Waals surface area contributed by atoms with Crippen molar-refractivity contribution in [2.45, 2.75) is 26.0 Å². The number of carbonyl (C=O) groups excluding carboxylic acids is 1. The summed E-state index contributed by atoms with van der Waals surface area (Å²) in [6.45, 7) is 4.48. The molecule has 3 heteroatoms. The van der Waals surface area contributed by atoms with E-state index in [2.05, 4.69) is 5.32 Å². The first-order valence-corrected chi connectivity index (χ1v) is 3.14. The van der Waals surface area contributed by atoms with E-state index in [1.165, 1.54) is 0 Å². The molecule has 1 saturated heterocycles. The summed E-state index contributed by atoms with van der Waals surface area (Å²) in [5, 5.41) is 2.86. The van der Waals surface area contributed by atoms with Gasteiger partial charge in [0.05, 0.1) is 6.10 Å². The standard InChI is InChI=1S/C6H11NO2/c1-4(2)9-6(8)5-3-7-5/h4-5,7H,3H2,1-2H3. The summed E-state index contributed by atoms with van der Waals surface area (Å²) in [7, 11) is 0. The highest BCUT2D eigenvalue weighted by atomic mass is 16.5. The minimum atomic E-state index is -0.120. The van der Waals surface area contributed by atoms with Gasteiger partial charge in [-0.2, -0.15) is 0 Å². The third kappa shape index (κ3) is 2.01. The lowest BCUT2D eigenvalue weighted by molar-refractivity contribution is -0.146. The summed E-state index contributed by atoms with van der Waals surface area (Å²) in [6.07, 6.45) is 0.0138. The van der Waals surface area contributed by atoms with Crippen LogP contribution in [0.15, 0.2) is 0 Å². The molecule has 52 valence electrons. The molecule has 9 heavy (non-hydrogen) atoms. The van der Waals surface area contributed by atoms with Crippen LogP contribution in [0.1, 0.15) is 13.8 Å². The van der Waals surface area contributed by atoms with Crippen molar-refractivity contribution in [2.24, 2.45) is 0 Å². The van der Waals surface area contributed by atoms with E-state index in [-0.39, 0.29) is 18.1 Å². The highest BCUT2D eigenvalue weighted by Crippen LogP contribution is 2.01. The first kappa shape index (κ1) is 6.55. The zero-order chi connectivity index (χ0) is 6.85. The van der Waals surface area contributed by atoms with Gasteiger partial charge >= 0.3 is 5.97 Å². The molecule has 0 saturated carbocycles. The molecular weight excluding hydrogens is 118 g/mol.